The van der Waals surface area contributed by atoms with Gasteiger partial charge in [-0.1, -0.05) is 11.6 Å². The summed E-state index contributed by atoms with van der Waals surface area (Å²) in [6.45, 7) is 1.48. The summed E-state index contributed by atoms with van der Waals surface area (Å²) in [5.74, 6) is -0.261. The minimum Gasteiger partial charge on any atom is -0.480 e. The summed E-state index contributed by atoms with van der Waals surface area (Å²) in [5.41, 5.74) is 0. The Balaban J connectivity index is 1.81. The van der Waals surface area contributed by atoms with Crippen molar-refractivity contribution in [2.45, 2.75) is 30.2 Å². The standard InChI is InChI=1S/C17H23ClN2O3S/c1-19(11-17(22)23)14-3-2-9-20(10-8-14)16(21)12-24-15-6-4-13(18)5-7-15/h4-7,14H,2-3,8-12H2,1H3,(H,22,23). The Kier molecular flexibility index (Phi) is 7.40. The maximum absolute atomic E-state index is 12.4. The van der Waals surface area contributed by atoms with E-state index in [9.17, 15) is 9.59 Å². The molecule has 0 bridgehead atoms. The van der Waals surface area contributed by atoms with Gasteiger partial charge >= 0.3 is 5.97 Å². The molecular weight excluding hydrogens is 348 g/mol. The molecule has 5 nitrogen and oxygen atoms in total. The molecule has 2 rings (SSSR count). The number of hydrogen-bond donors (Lipinski definition) is 1. The van der Waals surface area contributed by atoms with E-state index in [4.69, 9.17) is 16.7 Å². The summed E-state index contributed by atoms with van der Waals surface area (Å²) >= 11 is 7.37. The van der Waals surface area contributed by atoms with Crippen molar-refractivity contribution in [2.75, 3.05) is 32.4 Å². The second-order valence-corrected chi connectivity index (χ2v) is 7.50. The molecule has 0 saturated carbocycles. The number of carboxylic acid groups (broad SMARTS) is 1. The molecule has 7 heteroatoms. The van der Waals surface area contributed by atoms with Crippen LogP contribution in [0.1, 0.15) is 19.3 Å². The number of nitrogens with zero attached hydrogens (tertiary/aromatic N) is 2. The van der Waals surface area contributed by atoms with E-state index in [1.54, 1.807) is 0 Å². The first kappa shape index (κ1) is 19.1. The highest BCUT2D eigenvalue weighted by molar-refractivity contribution is 8.00. The van der Waals surface area contributed by atoms with Crippen LogP contribution in [0.5, 0.6) is 0 Å². The summed E-state index contributed by atoms with van der Waals surface area (Å²) in [5, 5.41) is 9.59. The molecule has 1 saturated heterocycles. The minimum atomic E-state index is -0.811. The third-order valence-corrected chi connectivity index (χ3v) is 5.48. The predicted molar refractivity (Wildman–Crippen MR) is 96.7 cm³/mol. The normalized spacial score (nSPS) is 18.5. The van der Waals surface area contributed by atoms with Crippen LogP contribution in [-0.4, -0.2) is 65.3 Å². The van der Waals surface area contributed by atoms with Crippen LogP contribution in [0.2, 0.25) is 5.02 Å². The van der Waals surface area contributed by atoms with Gasteiger partial charge in [0.15, 0.2) is 0 Å². The molecular formula is C17H23ClN2O3S. The molecule has 1 aromatic carbocycles. The molecule has 132 valence electrons. The smallest absolute Gasteiger partial charge is 0.317 e. The van der Waals surface area contributed by atoms with Crippen LogP contribution in [0, 0.1) is 0 Å². The first-order valence-corrected chi connectivity index (χ1v) is 9.40. The number of carboxylic acids is 1. The van der Waals surface area contributed by atoms with Gasteiger partial charge < -0.3 is 10.0 Å². The van der Waals surface area contributed by atoms with Crippen LogP contribution < -0.4 is 0 Å². The molecule has 1 aliphatic heterocycles. The molecule has 0 radical (unpaired) electrons. The van der Waals surface area contributed by atoms with E-state index in [0.29, 0.717) is 17.3 Å². The van der Waals surface area contributed by atoms with Gasteiger partial charge in [0.1, 0.15) is 0 Å². The maximum atomic E-state index is 12.4. The zero-order valence-corrected chi connectivity index (χ0v) is 15.4. The average Bonchev–Trinajstić information content (AvgIpc) is 2.79. The van der Waals surface area contributed by atoms with E-state index in [0.717, 1.165) is 30.7 Å². The number of benzene rings is 1. The molecule has 0 aromatic heterocycles. The third-order valence-electron chi connectivity index (χ3n) is 4.23. The Hall–Kier alpha value is -1.24. The van der Waals surface area contributed by atoms with Crippen LogP contribution in [0.25, 0.3) is 0 Å². The number of thioether (sulfide) groups is 1. The molecule has 1 unspecified atom stereocenters. The maximum Gasteiger partial charge on any atom is 0.317 e. The summed E-state index contributed by atoms with van der Waals surface area (Å²) in [7, 11) is 1.84. The first-order valence-electron chi connectivity index (χ1n) is 8.04. The fourth-order valence-corrected chi connectivity index (χ4v) is 3.81. The number of carbonyl (C=O) groups is 2. The van der Waals surface area contributed by atoms with Crippen molar-refractivity contribution in [2.24, 2.45) is 0 Å². The fraction of sp³-hybridized carbons (Fsp3) is 0.529. The Morgan fingerprint density at radius 2 is 2.00 bits per heavy atom. The van der Waals surface area contributed by atoms with Crippen molar-refractivity contribution in [3.8, 4) is 0 Å². The molecule has 1 aromatic rings. The lowest BCUT2D eigenvalue weighted by Crippen LogP contribution is -2.37. The molecule has 1 amide bonds. The van der Waals surface area contributed by atoms with Gasteiger partial charge in [-0.3, -0.25) is 14.5 Å². The first-order chi connectivity index (χ1) is 11.5. The second-order valence-electron chi connectivity index (χ2n) is 6.02. The Morgan fingerprint density at radius 1 is 1.29 bits per heavy atom. The minimum absolute atomic E-state index is 0.0467. The number of rotatable bonds is 6. The summed E-state index contributed by atoms with van der Waals surface area (Å²) in [6, 6.07) is 7.70. The van der Waals surface area contributed by atoms with Gasteiger partial charge in [-0.2, -0.15) is 0 Å². The van der Waals surface area contributed by atoms with Gasteiger partial charge in [0.25, 0.3) is 0 Å². The highest BCUT2D eigenvalue weighted by Crippen LogP contribution is 2.22. The van der Waals surface area contributed by atoms with Gasteiger partial charge in [0.2, 0.25) is 5.91 Å². The molecule has 0 spiro atoms. The zero-order valence-electron chi connectivity index (χ0n) is 13.8. The average molecular weight is 371 g/mol. The largest absolute Gasteiger partial charge is 0.480 e. The third kappa shape index (κ3) is 6.00. The van der Waals surface area contributed by atoms with E-state index in [1.807, 2.05) is 41.1 Å². The molecule has 1 fully saturated rings. The number of likely N-dealkylation sites (N-methyl/N-ethyl adjacent to an activating group) is 1. The monoisotopic (exact) mass is 370 g/mol. The SMILES string of the molecule is CN(CC(=O)O)C1CCCN(C(=O)CSc2ccc(Cl)cc2)CC1. The number of carbonyl (C=O) groups excluding carboxylic acids is 1. The van der Waals surface area contributed by atoms with Crippen molar-refractivity contribution in [1.29, 1.82) is 0 Å². The predicted octanol–water partition coefficient (Wildman–Crippen LogP) is 2.83. The number of amides is 1. The molecule has 1 heterocycles. The summed E-state index contributed by atoms with van der Waals surface area (Å²) in [4.78, 5) is 28.1. The molecule has 1 aliphatic rings. The van der Waals surface area contributed by atoms with E-state index in [-0.39, 0.29) is 18.5 Å². The number of likely N-dealkylation sites (tertiary alicyclic amines) is 1. The van der Waals surface area contributed by atoms with E-state index >= 15 is 0 Å². The van der Waals surface area contributed by atoms with E-state index < -0.39 is 5.97 Å². The Bertz CT molecular complexity index is 567. The Labute approximate surface area is 152 Å². The fourth-order valence-electron chi connectivity index (χ4n) is 2.88. The summed E-state index contributed by atoms with van der Waals surface area (Å²) < 4.78 is 0. The van der Waals surface area contributed by atoms with Crippen molar-refractivity contribution < 1.29 is 14.7 Å². The van der Waals surface area contributed by atoms with Crippen LogP contribution >= 0.6 is 23.4 Å². The number of hydrogen-bond acceptors (Lipinski definition) is 4. The van der Waals surface area contributed by atoms with Gasteiger partial charge in [0.05, 0.1) is 12.3 Å². The van der Waals surface area contributed by atoms with Crippen molar-refractivity contribution in [1.82, 2.24) is 9.80 Å². The quantitative estimate of drug-likeness (QED) is 0.780. The molecule has 1 N–H and O–H groups in total. The van der Waals surface area contributed by atoms with Crippen molar-refractivity contribution in [3.05, 3.63) is 29.3 Å². The summed E-state index contributed by atoms with van der Waals surface area (Å²) in [6.07, 6.45) is 2.66. The lowest BCUT2D eigenvalue weighted by Gasteiger charge is -2.25. The van der Waals surface area contributed by atoms with Gasteiger partial charge in [-0.15, -0.1) is 11.8 Å². The number of aliphatic carboxylic acids is 1. The van der Waals surface area contributed by atoms with Gasteiger partial charge in [-0.05, 0) is 50.6 Å². The van der Waals surface area contributed by atoms with Gasteiger partial charge in [0, 0.05) is 29.0 Å². The second kappa shape index (κ2) is 9.30. The van der Waals surface area contributed by atoms with Crippen LogP contribution in [0.3, 0.4) is 0 Å². The molecule has 24 heavy (non-hydrogen) atoms. The van der Waals surface area contributed by atoms with E-state index in [2.05, 4.69) is 0 Å². The lowest BCUT2D eigenvalue weighted by atomic mass is 10.1. The molecule has 1 atom stereocenters. The van der Waals surface area contributed by atoms with Crippen LogP contribution in [-0.2, 0) is 9.59 Å². The highest BCUT2D eigenvalue weighted by Gasteiger charge is 2.23. The van der Waals surface area contributed by atoms with Crippen molar-refractivity contribution in [3.63, 3.8) is 0 Å². The van der Waals surface area contributed by atoms with E-state index in [1.165, 1.54) is 11.8 Å². The van der Waals surface area contributed by atoms with Crippen LogP contribution in [0.4, 0.5) is 0 Å². The topological polar surface area (TPSA) is 60.9 Å². The zero-order chi connectivity index (χ0) is 17.5. The lowest BCUT2D eigenvalue weighted by molar-refractivity contribution is -0.138. The molecule has 0 aliphatic carbocycles. The van der Waals surface area contributed by atoms with Gasteiger partial charge in [-0.25, -0.2) is 0 Å². The Morgan fingerprint density at radius 3 is 2.67 bits per heavy atom. The highest BCUT2D eigenvalue weighted by atomic mass is 35.5. The number of halogens is 1. The van der Waals surface area contributed by atoms with Crippen molar-refractivity contribution >= 4 is 35.2 Å². The van der Waals surface area contributed by atoms with Crippen LogP contribution in [0.15, 0.2) is 29.2 Å².